The van der Waals surface area contributed by atoms with Crippen molar-refractivity contribution in [3.05, 3.63) is 23.3 Å². The largest absolute Gasteiger partial charge is 0.241 e. The molecule has 1 aliphatic rings. The summed E-state index contributed by atoms with van der Waals surface area (Å²) in [5.41, 5.74) is 2.71. The van der Waals surface area contributed by atoms with Crippen molar-refractivity contribution in [1.82, 2.24) is 9.97 Å². The standard InChI is InChI=1S/C15H23ClN2/c1-4-13-12(9-16)10-17-14(18-13)11-5-7-15(2,3)8-6-11/h10-11H,4-9H2,1-3H3. The van der Waals surface area contributed by atoms with Crippen LogP contribution in [0.3, 0.4) is 0 Å². The summed E-state index contributed by atoms with van der Waals surface area (Å²) < 4.78 is 0. The lowest BCUT2D eigenvalue weighted by Crippen LogP contribution is -2.21. The number of alkyl halides is 1. The summed E-state index contributed by atoms with van der Waals surface area (Å²) in [6.45, 7) is 6.85. The second kappa shape index (κ2) is 5.56. The number of nitrogens with zero attached hydrogens (tertiary/aromatic N) is 2. The van der Waals surface area contributed by atoms with Crippen LogP contribution in [0.5, 0.6) is 0 Å². The summed E-state index contributed by atoms with van der Waals surface area (Å²) in [6, 6.07) is 0. The molecule has 0 bridgehead atoms. The van der Waals surface area contributed by atoms with Crippen LogP contribution in [0.4, 0.5) is 0 Å². The van der Waals surface area contributed by atoms with Gasteiger partial charge in [0, 0.05) is 23.4 Å². The van der Waals surface area contributed by atoms with Gasteiger partial charge in [0.2, 0.25) is 0 Å². The molecule has 0 radical (unpaired) electrons. The van der Waals surface area contributed by atoms with Gasteiger partial charge in [-0.2, -0.15) is 0 Å². The van der Waals surface area contributed by atoms with Crippen LogP contribution in [0.15, 0.2) is 6.20 Å². The zero-order chi connectivity index (χ0) is 13.2. The van der Waals surface area contributed by atoms with Gasteiger partial charge in [-0.25, -0.2) is 9.97 Å². The zero-order valence-electron chi connectivity index (χ0n) is 11.7. The smallest absolute Gasteiger partial charge is 0.131 e. The van der Waals surface area contributed by atoms with E-state index in [0.29, 0.717) is 17.2 Å². The van der Waals surface area contributed by atoms with Crippen LogP contribution in [0.1, 0.15) is 69.5 Å². The summed E-state index contributed by atoms with van der Waals surface area (Å²) in [5, 5.41) is 0. The SMILES string of the molecule is CCc1nc(C2CCC(C)(C)CC2)ncc1CCl. The van der Waals surface area contributed by atoms with E-state index in [-0.39, 0.29) is 0 Å². The van der Waals surface area contributed by atoms with E-state index in [1.807, 2.05) is 6.20 Å². The summed E-state index contributed by atoms with van der Waals surface area (Å²) in [5.74, 6) is 2.10. The van der Waals surface area contributed by atoms with E-state index >= 15 is 0 Å². The number of aryl methyl sites for hydroxylation is 1. The fourth-order valence-electron chi connectivity index (χ4n) is 2.73. The molecule has 0 N–H and O–H groups in total. The van der Waals surface area contributed by atoms with Crippen LogP contribution in [0.2, 0.25) is 0 Å². The Kier molecular flexibility index (Phi) is 4.26. The van der Waals surface area contributed by atoms with Gasteiger partial charge in [0.05, 0.1) is 5.88 Å². The van der Waals surface area contributed by atoms with Gasteiger partial charge in [0.15, 0.2) is 0 Å². The molecule has 0 unspecified atom stereocenters. The highest BCUT2D eigenvalue weighted by Gasteiger charge is 2.29. The molecule has 0 saturated heterocycles. The Morgan fingerprint density at radius 2 is 2.00 bits per heavy atom. The summed E-state index contributed by atoms with van der Waals surface area (Å²) in [7, 11) is 0. The summed E-state index contributed by atoms with van der Waals surface area (Å²) >= 11 is 5.91. The lowest BCUT2D eigenvalue weighted by Gasteiger charge is -2.33. The van der Waals surface area contributed by atoms with Gasteiger partial charge in [-0.1, -0.05) is 20.8 Å². The third kappa shape index (κ3) is 3.03. The molecule has 18 heavy (non-hydrogen) atoms. The first-order chi connectivity index (χ1) is 8.55. The number of rotatable bonds is 3. The molecule has 0 aliphatic heterocycles. The average molecular weight is 267 g/mol. The fraction of sp³-hybridized carbons (Fsp3) is 0.733. The van der Waals surface area contributed by atoms with Crippen LogP contribution in [-0.4, -0.2) is 9.97 Å². The lowest BCUT2D eigenvalue weighted by atomic mass is 9.73. The van der Waals surface area contributed by atoms with E-state index in [4.69, 9.17) is 16.6 Å². The van der Waals surface area contributed by atoms with E-state index in [1.165, 1.54) is 25.7 Å². The number of halogens is 1. The maximum atomic E-state index is 5.91. The first-order valence-electron chi connectivity index (χ1n) is 6.96. The highest BCUT2D eigenvalue weighted by molar-refractivity contribution is 6.17. The molecule has 3 heteroatoms. The van der Waals surface area contributed by atoms with Crippen LogP contribution < -0.4 is 0 Å². The van der Waals surface area contributed by atoms with Crippen molar-refractivity contribution in [3.8, 4) is 0 Å². The van der Waals surface area contributed by atoms with Crippen molar-refractivity contribution in [2.45, 2.75) is 64.7 Å². The Morgan fingerprint density at radius 1 is 1.33 bits per heavy atom. The number of hydrogen-bond donors (Lipinski definition) is 0. The summed E-state index contributed by atoms with van der Waals surface area (Å²) in [4.78, 5) is 9.27. The van der Waals surface area contributed by atoms with Gasteiger partial charge in [0.1, 0.15) is 5.82 Å². The highest BCUT2D eigenvalue weighted by Crippen LogP contribution is 2.41. The van der Waals surface area contributed by atoms with Crippen LogP contribution >= 0.6 is 11.6 Å². The van der Waals surface area contributed by atoms with Crippen molar-refractivity contribution in [3.63, 3.8) is 0 Å². The minimum absolute atomic E-state index is 0.500. The molecule has 0 aromatic carbocycles. The second-order valence-electron chi connectivity index (χ2n) is 6.13. The van der Waals surface area contributed by atoms with Crippen molar-refractivity contribution < 1.29 is 0 Å². The first kappa shape index (κ1) is 13.8. The Labute approximate surface area is 115 Å². The minimum atomic E-state index is 0.500. The predicted octanol–water partition coefficient (Wildman–Crippen LogP) is 4.46. The molecule has 0 spiro atoms. The molecule has 1 aromatic rings. The van der Waals surface area contributed by atoms with E-state index in [2.05, 4.69) is 25.8 Å². The average Bonchev–Trinajstić information content (AvgIpc) is 2.38. The maximum absolute atomic E-state index is 5.91. The molecule has 1 saturated carbocycles. The van der Waals surface area contributed by atoms with Crippen LogP contribution in [-0.2, 0) is 12.3 Å². The van der Waals surface area contributed by atoms with Gasteiger partial charge < -0.3 is 0 Å². The molecule has 0 atom stereocenters. The Hall–Kier alpha value is -0.630. The molecule has 0 amide bonds. The molecular formula is C15H23ClN2. The highest BCUT2D eigenvalue weighted by atomic mass is 35.5. The molecule has 1 aromatic heterocycles. The Bertz CT molecular complexity index is 405. The normalized spacial score (nSPS) is 20.0. The van der Waals surface area contributed by atoms with Crippen molar-refractivity contribution in [2.75, 3.05) is 0 Å². The molecule has 1 aliphatic carbocycles. The fourth-order valence-corrected chi connectivity index (χ4v) is 2.95. The maximum Gasteiger partial charge on any atom is 0.131 e. The molecule has 1 heterocycles. The second-order valence-corrected chi connectivity index (χ2v) is 6.39. The lowest BCUT2D eigenvalue weighted by molar-refractivity contribution is 0.220. The third-order valence-electron chi connectivity index (χ3n) is 4.16. The Balaban J connectivity index is 2.15. The van der Waals surface area contributed by atoms with E-state index in [9.17, 15) is 0 Å². The van der Waals surface area contributed by atoms with E-state index < -0.39 is 0 Å². The topological polar surface area (TPSA) is 25.8 Å². The van der Waals surface area contributed by atoms with Crippen LogP contribution in [0.25, 0.3) is 0 Å². The zero-order valence-corrected chi connectivity index (χ0v) is 12.4. The van der Waals surface area contributed by atoms with Gasteiger partial charge in [-0.05, 0) is 37.5 Å². The van der Waals surface area contributed by atoms with Crippen LogP contribution in [0, 0.1) is 5.41 Å². The minimum Gasteiger partial charge on any atom is -0.241 e. The van der Waals surface area contributed by atoms with Gasteiger partial charge in [0.25, 0.3) is 0 Å². The van der Waals surface area contributed by atoms with Gasteiger partial charge in [-0.15, -0.1) is 11.6 Å². The van der Waals surface area contributed by atoms with Gasteiger partial charge in [-0.3, -0.25) is 0 Å². The van der Waals surface area contributed by atoms with Crippen molar-refractivity contribution in [2.24, 2.45) is 5.41 Å². The molecular weight excluding hydrogens is 244 g/mol. The van der Waals surface area contributed by atoms with Gasteiger partial charge >= 0.3 is 0 Å². The Morgan fingerprint density at radius 3 is 2.56 bits per heavy atom. The monoisotopic (exact) mass is 266 g/mol. The van der Waals surface area contributed by atoms with E-state index in [0.717, 1.165) is 23.5 Å². The predicted molar refractivity (Wildman–Crippen MR) is 76.0 cm³/mol. The number of aromatic nitrogens is 2. The molecule has 2 nitrogen and oxygen atoms in total. The quantitative estimate of drug-likeness (QED) is 0.755. The van der Waals surface area contributed by atoms with Crippen molar-refractivity contribution >= 4 is 11.6 Å². The molecule has 1 fully saturated rings. The molecule has 100 valence electrons. The first-order valence-corrected chi connectivity index (χ1v) is 7.50. The van der Waals surface area contributed by atoms with E-state index in [1.54, 1.807) is 0 Å². The molecule has 2 rings (SSSR count). The number of hydrogen-bond acceptors (Lipinski definition) is 2. The van der Waals surface area contributed by atoms with Crippen molar-refractivity contribution in [1.29, 1.82) is 0 Å². The third-order valence-corrected chi connectivity index (χ3v) is 4.44. The summed E-state index contributed by atoms with van der Waals surface area (Å²) in [6.07, 6.45) is 7.86.